The Morgan fingerprint density at radius 2 is 2.07 bits per heavy atom. The van der Waals surface area contributed by atoms with Gasteiger partial charge in [-0.3, -0.25) is 4.79 Å². The normalized spacial score (nSPS) is 10.5. The maximum absolute atomic E-state index is 12.6. The molecule has 7 heteroatoms. The van der Waals surface area contributed by atoms with Crippen LogP contribution >= 0.6 is 22.9 Å². The first-order valence-electron chi connectivity index (χ1n) is 8.25. The Labute approximate surface area is 166 Å². The van der Waals surface area contributed by atoms with Crippen molar-refractivity contribution in [1.29, 1.82) is 0 Å². The van der Waals surface area contributed by atoms with Crippen molar-refractivity contribution in [3.05, 3.63) is 68.6 Å². The average molecular weight is 403 g/mol. The van der Waals surface area contributed by atoms with E-state index in [1.165, 1.54) is 7.11 Å². The summed E-state index contributed by atoms with van der Waals surface area (Å²) in [5.41, 5.74) is 2.77. The number of benzene rings is 2. The Morgan fingerprint density at radius 1 is 1.26 bits per heavy atom. The predicted octanol–water partition coefficient (Wildman–Crippen LogP) is 5.25. The largest absolute Gasteiger partial charge is 0.495 e. The molecule has 5 nitrogen and oxygen atoms in total. The molecule has 0 fully saturated rings. The predicted molar refractivity (Wildman–Crippen MR) is 108 cm³/mol. The zero-order valence-electron chi connectivity index (χ0n) is 15.2. The van der Waals surface area contributed by atoms with Crippen molar-refractivity contribution >= 4 is 34.5 Å². The number of carbonyl (C=O) groups is 1. The second-order valence-electron chi connectivity index (χ2n) is 5.93. The Kier molecular flexibility index (Phi) is 5.98. The van der Waals surface area contributed by atoms with E-state index in [-0.39, 0.29) is 5.91 Å². The van der Waals surface area contributed by atoms with Gasteiger partial charge in [-0.15, -0.1) is 11.3 Å². The summed E-state index contributed by atoms with van der Waals surface area (Å²) >= 11 is 7.69. The van der Waals surface area contributed by atoms with E-state index in [4.69, 9.17) is 21.1 Å². The topological polar surface area (TPSA) is 60.5 Å². The van der Waals surface area contributed by atoms with E-state index >= 15 is 0 Å². The average Bonchev–Trinajstić information content (AvgIpc) is 3.08. The summed E-state index contributed by atoms with van der Waals surface area (Å²) < 4.78 is 11.0. The van der Waals surface area contributed by atoms with Crippen LogP contribution in [0.4, 0.5) is 5.69 Å². The second kappa shape index (κ2) is 8.41. The molecule has 0 aliphatic rings. The lowest BCUT2D eigenvalue weighted by atomic mass is 10.1. The number of anilines is 1. The number of hydrogen-bond acceptors (Lipinski definition) is 5. The molecule has 0 saturated carbocycles. The molecule has 0 aliphatic heterocycles. The SMILES string of the molecule is COc1cc(Cl)c(C)cc1NC(=O)c1cccc(OCc2csc(C)n2)c1. The van der Waals surface area contributed by atoms with E-state index in [9.17, 15) is 4.79 Å². The Balaban J connectivity index is 1.73. The minimum atomic E-state index is -0.259. The quantitative estimate of drug-likeness (QED) is 0.611. The van der Waals surface area contributed by atoms with Crippen molar-refractivity contribution < 1.29 is 14.3 Å². The molecule has 1 N–H and O–H groups in total. The number of amides is 1. The van der Waals surface area contributed by atoms with E-state index in [0.29, 0.717) is 34.4 Å². The zero-order chi connectivity index (χ0) is 19.4. The van der Waals surface area contributed by atoms with Gasteiger partial charge in [0.25, 0.3) is 5.91 Å². The number of thiazole rings is 1. The summed E-state index contributed by atoms with van der Waals surface area (Å²) in [6.45, 7) is 4.18. The molecule has 0 aliphatic carbocycles. The van der Waals surface area contributed by atoms with Gasteiger partial charge in [-0.2, -0.15) is 0 Å². The van der Waals surface area contributed by atoms with Crippen LogP contribution in [0, 0.1) is 13.8 Å². The third-order valence-corrected chi connectivity index (χ3v) is 5.11. The van der Waals surface area contributed by atoms with Gasteiger partial charge in [0.2, 0.25) is 0 Å². The Morgan fingerprint density at radius 3 is 2.78 bits per heavy atom. The molecule has 0 unspecified atom stereocenters. The number of methoxy groups -OCH3 is 1. The maximum Gasteiger partial charge on any atom is 0.255 e. The van der Waals surface area contributed by atoms with Crippen molar-refractivity contribution in [2.45, 2.75) is 20.5 Å². The van der Waals surface area contributed by atoms with E-state index in [0.717, 1.165) is 16.3 Å². The summed E-state index contributed by atoms with van der Waals surface area (Å²) in [6, 6.07) is 10.5. The van der Waals surface area contributed by atoms with Crippen molar-refractivity contribution in [2.75, 3.05) is 12.4 Å². The number of rotatable bonds is 6. The fourth-order valence-electron chi connectivity index (χ4n) is 2.48. The van der Waals surface area contributed by atoms with Gasteiger partial charge < -0.3 is 14.8 Å². The van der Waals surface area contributed by atoms with Gasteiger partial charge in [0.1, 0.15) is 18.1 Å². The number of ether oxygens (including phenoxy) is 2. The fraction of sp³-hybridized carbons (Fsp3) is 0.200. The highest BCUT2D eigenvalue weighted by molar-refractivity contribution is 7.09. The Bertz CT molecular complexity index is 972. The first-order chi connectivity index (χ1) is 13.0. The van der Waals surface area contributed by atoms with Gasteiger partial charge in [-0.25, -0.2) is 4.98 Å². The molecule has 0 bridgehead atoms. The maximum atomic E-state index is 12.6. The molecule has 3 rings (SSSR count). The summed E-state index contributed by atoms with van der Waals surface area (Å²) in [4.78, 5) is 17.0. The number of halogens is 1. The van der Waals surface area contributed by atoms with Crippen LogP contribution in [-0.2, 0) is 6.61 Å². The molecule has 0 spiro atoms. The molecule has 1 heterocycles. The third kappa shape index (κ3) is 4.78. The van der Waals surface area contributed by atoms with Gasteiger partial charge in [0, 0.05) is 22.0 Å². The summed E-state index contributed by atoms with van der Waals surface area (Å²) in [6.07, 6.45) is 0. The first kappa shape index (κ1) is 19.2. The van der Waals surface area contributed by atoms with Crippen LogP contribution in [-0.4, -0.2) is 18.0 Å². The second-order valence-corrected chi connectivity index (χ2v) is 7.40. The molecular formula is C20H19ClN2O3S. The smallest absolute Gasteiger partial charge is 0.255 e. The number of nitrogens with zero attached hydrogens (tertiary/aromatic N) is 1. The number of hydrogen-bond donors (Lipinski definition) is 1. The number of aryl methyl sites for hydroxylation is 2. The molecule has 140 valence electrons. The summed E-state index contributed by atoms with van der Waals surface area (Å²) in [7, 11) is 1.53. The van der Waals surface area contributed by atoms with Crippen molar-refractivity contribution in [3.63, 3.8) is 0 Å². The monoisotopic (exact) mass is 402 g/mol. The van der Waals surface area contributed by atoms with Crippen LogP contribution in [0.3, 0.4) is 0 Å². The number of nitrogens with one attached hydrogen (secondary N) is 1. The first-order valence-corrected chi connectivity index (χ1v) is 9.51. The molecule has 0 saturated heterocycles. The van der Waals surface area contributed by atoms with Crippen LogP contribution < -0.4 is 14.8 Å². The molecule has 27 heavy (non-hydrogen) atoms. The van der Waals surface area contributed by atoms with Gasteiger partial charge in [0.15, 0.2) is 0 Å². The third-order valence-electron chi connectivity index (χ3n) is 3.88. The highest BCUT2D eigenvalue weighted by Crippen LogP contribution is 2.31. The molecule has 3 aromatic rings. The lowest BCUT2D eigenvalue weighted by molar-refractivity contribution is 0.102. The molecule has 2 aromatic carbocycles. The minimum absolute atomic E-state index is 0.259. The molecule has 0 atom stereocenters. The fourth-order valence-corrected chi connectivity index (χ4v) is 3.23. The Hall–Kier alpha value is -2.57. The summed E-state index contributed by atoms with van der Waals surface area (Å²) in [5, 5.41) is 6.40. The van der Waals surface area contributed by atoms with E-state index in [2.05, 4.69) is 10.3 Å². The minimum Gasteiger partial charge on any atom is -0.495 e. The van der Waals surface area contributed by atoms with Crippen LogP contribution in [0.5, 0.6) is 11.5 Å². The molecular weight excluding hydrogens is 384 g/mol. The number of carbonyl (C=O) groups excluding carboxylic acids is 1. The van der Waals surface area contributed by atoms with E-state index in [1.54, 1.807) is 41.7 Å². The lowest BCUT2D eigenvalue weighted by Gasteiger charge is -2.13. The zero-order valence-corrected chi connectivity index (χ0v) is 16.8. The van der Waals surface area contributed by atoms with E-state index < -0.39 is 0 Å². The van der Waals surface area contributed by atoms with Gasteiger partial charge in [-0.05, 0) is 43.7 Å². The lowest BCUT2D eigenvalue weighted by Crippen LogP contribution is -2.13. The van der Waals surface area contributed by atoms with Gasteiger partial charge in [0.05, 0.1) is 23.5 Å². The summed E-state index contributed by atoms with van der Waals surface area (Å²) in [5.74, 6) is 0.850. The van der Waals surface area contributed by atoms with Gasteiger partial charge in [-0.1, -0.05) is 17.7 Å². The van der Waals surface area contributed by atoms with Gasteiger partial charge >= 0.3 is 0 Å². The van der Waals surface area contributed by atoms with Crippen molar-refractivity contribution in [1.82, 2.24) is 4.98 Å². The van der Waals surface area contributed by atoms with Crippen LogP contribution in [0.25, 0.3) is 0 Å². The molecule has 0 radical (unpaired) electrons. The van der Waals surface area contributed by atoms with E-state index in [1.807, 2.05) is 25.3 Å². The van der Waals surface area contributed by atoms with Crippen LogP contribution in [0.1, 0.15) is 26.6 Å². The highest BCUT2D eigenvalue weighted by atomic mass is 35.5. The van der Waals surface area contributed by atoms with Crippen molar-refractivity contribution in [2.24, 2.45) is 0 Å². The van der Waals surface area contributed by atoms with Crippen LogP contribution in [0.2, 0.25) is 5.02 Å². The standard InChI is InChI=1S/C20H19ClN2O3S/c1-12-7-18(19(25-3)9-17(12)21)23-20(24)14-5-4-6-16(8-14)26-10-15-11-27-13(2)22-15/h4-9,11H,10H2,1-3H3,(H,23,24). The highest BCUT2D eigenvalue weighted by Gasteiger charge is 2.13. The molecule has 1 amide bonds. The van der Waals surface area contributed by atoms with Crippen molar-refractivity contribution in [3.8, 4) is 11.5 Å². The van der Waals surface area contributed by atoms with Crippen LogP contribution in [0.15, 0.2) is 41.8 Å². The molecule has 1 aromatic heterocycles. The number of aromatic nitrogens is 1.